The lowest BCUT2D eigenvalue weighted by molar-refractivity contribution is -0.123. The SMILES string of the molecule is N#Cc1ccc(OCC(=O)N/N=C/c2ccc3ccccc3c2)cc1. The van der Waals surface area contributed by atoms with Crippen molar-refractivity contribution in [2.24, 2.45) is 5.10 Å². The van der Waals surface area contributed by atoms with E-state index in [-0.39, 0.29) is 12.5 Å². The fraction of sp³-hybridized carbons (Fsp3) is 0.0500. The van der Waals surface area contributed by atoms with E-state index >= 15 is 0 Å². The number of rotatable bonds is 5. The van der Waals surface area contributed by atoms with Crippen LogP contribution in [0.3, 0.4) is 0 Å². The lowest BCUT2D eigenvalue weighted by Gasteiger charge is -2.04. The third-order valence-corrected chi connectivity index (χ3v) is 3.53. The number of hydrazone groups is 1. The molecule has 122 valence electrons. The molecule has 0 atom stereocenters. The Hall–Kier alpha value is -3.65. The normalized spacial score (nSPS) is 10.5. The van der Waals surface area contributed by atoms with Gasteiger partial charge in [0.25, 0.3) is 5.91 Å². The van der Waals surface area contributed by atoms with Gasteiger partial charge in [-0.25, -0.2) is 5.43 Å². The molecule has 0 heterocycles. The summed E-state index contributed by atoms with van der Waals surface area (Å²) in [7, 11) is 0. The summed E-state index contributed by atoms with van der Waals surface area (Å²) >= 11 is 0. The van der Waals surface area contributed by atoms with Gasteiger partial charge in [-0.2, -0.15) is 10.4 Å². The molecular weight excluding hydrogens is 314 g/mol. The summed E-state index contributed by atoms with van der Waals surface area (Å²) < 4.78 is 5.33. The maximum absolute atomic E-state index is 11.7. The van der Waals surface area contributed by atoms with E-state index in [0.29, 0.717) is 11.3 Å². The highest BCUT2D eigenvalue weighted by atomic mass is 16.5. The van der Waals surface area contributed by atoms with Gasteiger partial charge in [-0.1, -0.05) is 36.4 Å². The molecule has 3 aromatic carbocycles. The molecule has 25 heavy (non-hydrogen) atoms. The number of nitrogens with one attached hydrogen (secondary N) is 1. The molecule has 1 amide bonds. The van der Waals surface area contributed by atoms with Crippen LogP contribution in [0.25, 0.3) is 10.8 Å². The lowest BCUT2D eigenvalue weighted by atomic mass is 10.1. The van der Waals surface area contributed by atoms with E-state index in [4.69, 9.17) is 10.00 Å². The third kappa shape index (κ3) is 4.43. The van der Waals surface area contributed by atoms with Crippen molar-refractivity contribution in [2.75, 3.05) is 6.61 Å². The molecule has 0 radical (unpaired) electrons. The number of hydrogen-bond acceptors (Lipinski definition) is 4. The highest BCUT2D eigenvalue weighted by Crippen LogP contribution is 2.14. The number of ether oxygens (including phenoxy) is 1. The minimum absolute atomic E-state index is 0.152. The summed E-state index contributed by atoms with van der Waals surface area (Å²) in [6, 6.07) is 22.5. The Labute approximate surface area is 145 Å². The fourth-order valence-corrected chi connectivity index (χ4v) is 2.27. The summed E-state index contributed by atoms with van der Waals surface area (Å²) in [4.78, 5) is 11.7. The Kier molecular flexibility index (Phi) is 5.03. The van der Waals surface area contributed by atoms with Crippen molar-refractivity contribution in [1.29, 1.82) is 5.26 Å². The molecule has 0 unspecified atom stereocenters. The first-order chi connectivity index (χ1) is 12.2. The summed E-state index contributed by atoms with van der Waals surface area (Å²) in [6.45, 7) is -0.152. The molecule has 1 N–H and O–H groups in total. The number of amides is 1. The molecule has 0 spiro atoms. The molecular formula is C20H15N3O2. The number of nitrogens with zero attached hydrogens (tertiary/aromatic N) is 2. The van der Waals surface area contributed by atoms with Gasteiger partial charge in [-0.15, -0.1) is 0 Å². The average Bonchev–Trinajstić information content (AvgIpc) is 2.66. The molecule has 0 aromatic heterocycles. The molecule has 0 aliphatic rings. The number of hydrogen-bond donors (Lipinski definition) is 1. The van der Waals surface area contributed by atoms with Crippen LogP contribution in [0.1, 0.15) is 11.1 Å². The molecule has 0 bridgehead atoms. The van der Waals surface area contributed by atoms with Gasteiger partial charge in [0.2, 0.25) is 0 Å². The van der Waals surface area contributed by atoms with Gasteiger partial charge >= 0.3 is 0 Å². The molecule has 0 aliphatic heterocycles. The molecule has 0 saturated heterocycles. The molecule has 3 aromatic rings. The molecule has 0 aliphatic carbocycles. The summed E-state index contributed by atoms with van der Waals surface area (Å²) in [5.41, 5.74) is 3.86. The Morgan fingerprint density at radius 1 is 1.08 bits per heavy atom. The molecule has 5 heteroatoms. The highest BCUT2D eigenvalue weighted by molar-refractivity contribution is 5.90. The second kappa shape index (κ2) is 7.75. The van der Waals surface area contributed by atoms with Crippen LogP contribution < -0.4 is 10.2 Å². The van der Waals surface area contributed by atoms with Crippen LogP contribution in [0, 0.1) is 11.3 Å². The monoisotopic (exact) mass is 329 g/mol. The van der Waals surface area contributed by atoms with Gasteiger partial charge in [-0.3, -0.25) is 4.79 Å². The van der Waals surface area contributed by atoms with Crippen LogP contribution in [0.5, 0.6) is 5.75 Å². The van der Waals surface area contributed by atoms with Crippen molar-refractivity contribution in [3.8, 4) is 11.8 Å². The van der Waals surface area contributed by atoms with E-state index in [0.717, 1.165) is 16.3 Å². The Balaban J connectivity index is 1.52. The number of carbonyl (C=O) groups excluding carboxylic acids is 1. The summed E-state index contributed by atoms with van der Waals surface area (Å²) in [5, 5.41) is 14.9. The van der Waals surface area contributed by atoms with Gasteiger partial charge in [0.15, 0.2) is 6.61 Å². The highest BCUT2D eigenvalue weighted by Gasteiger charge is 2.01. The summed E-state index contributed by atoms with van der Waals surface area (Å²) in [5.74, 6) is 0.161. The van der Waals surface area contributed by atoms with Crippen molar-refractivity contribution in [3.05, 3.63) is 77.9 Å². The maximum atomic E-state index is 11.7. The van der Waals surface area contributed by atoms with Crippen molar-refractivity contribution >= 4 is 22.9 Å². The zero-order valence-corrected chi connectivity index (χ0v) is 13.3. The zero-order valence-electron chi connectivity index (χ0n) is 13.3. The second-order valence-electron chi connectivity index (χ2n) is 5.32. The van der Waals surface area contributed by atoms with Gasteiger partial charge in [0, 0.05) is 0 Å². The first kappa shape index (κ1) is 16.2. The number of fused-ring (bicyclic) bond motifs is 1. The van der Waals surface area contributed by atoms with Gasteiger partial charge < -0.3 is 4.74 Å². The Morgan fingerprint density at radius 2 is 1.84 bits per heavy atom. The molecule has 0 saturated carbocycles. The van der Waals surface area contributed by atoms with E-state index in [9.17, 15) is 4.79 Å². The van der Waals surface area contributed by atoms with Gasteiger partial charge in [-0.05, 0) is 46.7 Å². The Bertz CT molecular complexity index is 957. The van der Waals surface area contributed by atoms with Gasteiger partial charge in [0.1, 0.15) is 5.75 Å². The fourth-order valence-electron chi connectivity index (χ4n) is 2.27. The first-order valence-electron chi connectivity index (χ1n) is 7.68. The standard InChI is InChI=1S/C20H15N3O2/c21-12-15-6-9-19(10-7-15)25-14-20(24)23-22-13-16-5-8-17-3-1-2-4-18(17)11-16/h1-11,13H,14H2,(H,23,24)/b22-13+. The largest absolute Gasteiger partial charge is 0.484 e. The van der Waals surface area contributed by atoms with Crippen LogP contribution in [-0.2, 0) is 4.79 Å². The van der Waals surface area contributed by atoms with Gasteiger partial charge in [0.05, 0.1) is 17.8 Å². The summed E-state index contributed by atoms with van der Waals surface area (Å²) in [6.07, 6.45) is 1.59. The number of carbonyl (C=O) groups is 1. The molecule has 5 nitrogen and oxygen atoms in total. The Morgan fingerprint density at radius 3 is 2.60 bits per heavy atom. The van der Waals surface area contributed by atoms with E-state index in [2.05, 4.69) is 10.5 Å². The second-order valence-corrected chi connectivity index (χ2v) is 5.32. The predicted molar refractivity (Wildman–Crippen MR) is 96.3 cm³/mol. The predicted octanol–water partition coefficient (Wildman–Crippen LogP) is 3.24. The first-order valence-corrected chi connectivity index (χ1v) is 7.68. The van der Waals surface area contributed by atoms with Crippen LogP contribution in [-0.4, -0.2) is 18.7 Å². The minimum Gasteiger partial charge on any atom is -0.484 e. The zero-order chi connectivity index (χ0) is 17.5. The number of nitriles is 1. The number of benzene rings is 3. The maximum Gasteiger partial charge on any atom is 0.277 e. The smallest absolute Gasteiger partial charge is 0.277 e. The van der Waals surface area contributed by atoms with Crippen molar-refractivity contribution in [3.63, 3.8) is 0 Å². The van der Waals surface area contributed by atoms with Crippen LogP contribution >= 0.6 is 0 Å². The minimum atomic E-state index is -0.360. The van der Waals surface area contributed by atoms with Crippen molar-refractivity contribution in [1.82, 2.24) is 5.43 Å². The van der Waals surface area contributed by atoms with Crippen LogP contribution in [0.15, 0.2) is 71.8 Å². The van der Waals surface area contributed by atoms with Crippen LogP contribution in [0.4, 0.5) is 0 Å². The average molecular weight is 329 g/mol. The third-order valence-electron chi connectivity index (χ3n) is 3.53. The van der Waals surface area contributed by atoms with E-state index in [1.54, 1.807) is 30.5 Å². The molecule has 3 rings (SSSR count). The van der Waals surface area contributed by atoms with E-state index < -0.39 is 0 Å². The topological polar surface area (TPSA) is 74.5 Å². The van der Waals surface area contributed by atoms with E-state index in [1.807, 2.05) is 48.5 Å². The molecule has 0 fully saturated rings. The lowest BCUT2D eigenvalue weighted by Crippen LogP contribution is -2.24. The van der Waals surface area contributed by atoms with Crippen molar-refractivity contribution in [2.45, 2.75) is 0 Å². The van der Waals surface area contributed by atoms with Crippen molar-refractivity contribution < 1.29 is 9.53 Å². The van der Waals surface area contributed by atoms with E-state index in [1.165, 1.54) is 0 Å². The van der Waals surface area contributed by atoms with Crippen LogP contribution in [0.2, 0.25) is 0 Å². The quantitative estimate of drug-likeness (QED) is 0.577.